The summed E-state index contributed by atoms with van der Waals surface area (Å²) in [5.41, 5.74) is -0.000575. The molecule has 0 aliphatic carbocycles. The highest BCUT2D eigenvalue weighted by Gasteiger charge is 2.34. The van der Waals surface area contributed by atoms with Crippen LogP contribution in [0.3, 0.4) is 0 Å². The first-order chi connectivity index (χ1) is 6.08. The van der Waals surface area contributed by atoms with E-state index in [1.807, 2.05) is 6.08 Å². The number of nitrogens with zero attached hydrogens (tertiary/aromatic N) is 1. The summed E-state index contributed by atoms with van der Waals surface area (Å²) in [6.07, 6.45) is 3.05. The van der Waals surface area contributed by atoms with E-state index in [0.29, 0.717) is 6.04 Å². The van der Waals surface area contributed by atoms with E-state index in [-0.39, 0.29) is 5.60 Å². The van der Waals surface area contributed by atoms with Gasteiger partial charge in [0.1, 0.15) is 0 Å². The maximum atomic E-state index is 5.72. The minimum atomic E-state index is -0.000575. The van der Waals surface area contributed by atoms with Gasteiger partial charge in [-0.25, -0.2) is 0 Å². The lowest BCUT2D eigenvalue weighted by Gasteiger charge is -2.44. The van der Waals surface area contributed by atoms with Gasteiger partial charge in [-0.15, -0.1) is 6.58 Å². The van der Waals surface area contributed by atoms with Crippen LogP contribution in [0.1, 0.15) is 27.2 Å². The lowest BCUT2D eigenvalue weighted by Crippen LogP contribution is -2.55. The zero-order valence-corrected chi connectivity index (χ0v) is 9.05. The number of hydrogen-bond donors (Lipinski definition) is 0. The van der Waals surface area contributed by atoms with Gasteiger partial charge in [0.25, 0.3) is 0 Å². The van der Waals surface area contributed by atoms with Gasteiger partial charge in [0, 0.05) is 19.1 Å². The summed E-state index contributed by atoms with van der Waals surface area (Å²) in [6.45, 7) is 13.3. The predicted molar refractivity (Wildman–Crippen MR) is 55.9 cm³/mol. The van der Waals surface area contributed by atoms with Gasteiger partial charge in [-0.05, 0) is 27.2 Å². The van der Waals surface area contributed by atoms with Crippen molar-refractivity contribution in [3.05, 3.63) is 12.7 Å². The number of ether oxygens (including phenoxy) is 1. The molecule has 0 aromatic rings. The molecule has 0 bridgehead atoms. The Morgan fingerprint density at radius 1 is 1.62 bits per heavy atom. The molecule has 1 rings (SSSR count). The maximum Gasteiger partial charge on any atom is 0.0778 e. The van der Waals surface area contributed by atoms with E-state index >= 15 is 0 Å². The standard InChI is InChI=1S/C11H21NO/c1-5-6-7-12-8-9-13-11(3,4)10(12)2/h5,10H,1,6-9H2,2-4H3. The average Bonchev–Trinajstić information content (AvgIpc) is 2.08. The van der Waals surface area contributed by atoms with Crippen LogP contribution in [0.25, 0.3) is 0 Å². The second-order valence-electron chi connectivity index (χ2n) is 4.24. The Bertz CT molecular complexity index is 177. The molecule has 0 spiro atoms. The van der Waals surface area contributed by atoms with E-state index in [4.69, 9.17) is 4.74 Å². The molecular formula is C11H21NO. The van der Waals surface area contributed by atoms with Crippen molar-refractivity contribution in [1.29, 1.82) is 0 Å². The van der Waals surface area contributed by atoms with Gasteiger partial charge in [0.05, 0.1) is 12.2 Å². The molecule has 1 saturated heterocycles. The molecule has 0 amide bonds. The molecule has 0 N–H and O–H groups in total. The predicted octanol–water partition coefficient (Wildman–Crippen LogP) is 2.06. The summed E-state index contributed by atoms with van der Waals surface area (Å²) in [6, 6.07) is 0.501. The quantitative estimate of drug-likeness (QED) is 0.621. The first kappa shape index (κ1) is 10.7. The highest BCUT2D eigenvalue weighted by Crippen LogP contribution is 2.24. The van der Waals surface area contributed by atoms with Gasteiger partial charge >= 0.3 is 0 Å². The molecule has 0 aromatic carbocycles. The van der Waals surface area contributed by atoms with E-state index < -0.39 is 0 Å². The first-order valence-corrected chi connectivity index (χ1v) is 5.07. The first-order valence-electron chi connectivity index (χ1n) is 5.07. The van der Waals surface area contributed by atoms with Crippen LogP contribution in [0.4, 0.5) is 0 Å². The highest BCUT2D eigenvalue weighted by atomic mass is 16.5. The van der Waals surface area contributed by atoms with Crippen molar-refractivity contribution in [2.75, 3.05) is 19.7 Å². The third kappa shape index (κ3) is 2.55. The van der Waals surface area contributed by atoms with Gasteiger partial charge in [-0.3, -0.25) is 4.90 Å². The van der Waals surface area contributed by atoms with E-state index in [2.05, 4.69) is 32.3 Å². The molecular weight excluding hydrogens is 162 g/mol. The molecule has 1 atom stereocenters. The Hall–Kier alpha value is -0.340. The Morgan fingerprint density at radius 2 is 2.31 bits per heavy atom. The van der Waals surface area contributed by atoms with Crippen molar-refractivity contribution in [3.63, 3.8) is 0 Å². The van der Waals surface area contributed by atoms with E-state index in [1.54, 1.807) is 0 Å². The summed E-state index contributed by atoms with van der Waals surface area (Å²) >= 11 is 0. The van der Waals surface area contributed by atoms with Crippen LogP contribution in [0.2, 0.25) is 0 Å². The lowest BCUT2D eigenvalue weighted by molar-refractivity contribution is -0.120. The van der Waals surface area contributed by atoms with Crippen molar-refractivity contribution in [1.82, 2.24) is 4.90 Å². The fourth-order valence-electron chi connectivity index (χ4n) is 1.74. The number of rotatable bonds is 3. The molecule has 2 heteroatoms. The van der Waals surface area contributed by atoms with Gasteiger partial charge in [0.2, 0.25) is 0 Å². The second kappa shape index (κ2) is 4.25. The fraction of sp³-hybridized carbons (Fsp3) is 0.818. The minimum Gasteiger partial charge on any atom is -0.373 e. The van der Waals surface area contributed by atoms with Crippen molar-refractivity contribution in [2.45, 2.75) is 38.8 Å². The zero-order valence-electron chi connectivity index (χ0n) is 9.05. The summed E-state index contributed by atoms with van der Waals surface area (Å²) in [5.74, 6) is 0. The van der Waals surface area contributed by atoms with Crippen LogP contribution < -0.4 is 0 Å². The maximum absolute atomic E-state index is 5.72. The van der Waals surface area contributed by atoms with Crippen LogP contribution >= 0.6 is 0 Å². The topological polar surface area (TPSA) is 12.5 Å². The summed E-state index contributed by atoms with van der Waals surface area (Å²) in [4.78, 5) is 2.48. The van der Waals surface area contributed by atoms with Gasteiger partial charge in [0.15, 0.2) is 0 Å². The molecule has 76 valence electrons. The van der Waals surface area contributed by atoms with E-state index in [0.717, 1.165) is 26.1 Å². The van der Waals surface area contributed by atoms with Crippen molar-refractivity contribution in [3.8, 4) is 0 Å². The van der Waals surface area contributed by atoms with Gasteiger partial charge < -0.3 is 4.74 Å². The average molecular weight is 183 g/mol. The third-order valence-electron chi connectivity index (χ3n) is 3.03. The van der Waals surface area contributed by atoms with Crippen LogP contribution in [-0.2, 0) is 4.74 Å². The number of hydrogen-bond acceptors (Lipinski definition) is 2. The molecule has 2 nitrogen and oxygen atoms in total. The van der Waals surface area contributed by atoms with E-state index in [1.165, 1.54) is 0 Å². The second-order valence-corrected chi connectivity index (χ2v) is 4.24. The molecule has 1 aliphatic rings. The third-order valence-corrected chi connectivity index (χ3v) is 3.03. The Labute approximate surface area is 81.6 Å². The highest BCUT2D eigenvalue weighted by molar-refractivity contribution is 4.88. The van der Waals surface area contributed by atoms with Crippen LogP contribution in [0.5, 0.6) is 0 Å². The molecule has 0 radical (unpaired) electrons. The lowest BCUT2D eigenvalue weighted by atomic mass is 9.97. The fourth-order valence-corrected chi connectivity index (χ4v) is 1.74. The summed E-state index contributed by atoms with van der Waals surface area (Å²) in [5, 5.41) is 0. The Kier molecular flexibility index (Phi) is 3.51. The van der Waals surface area contributed by atoms with Crippen molar-refractivity contribution < 1.29 is 4.74 Å². The van der Waals surface area contributed by atoms with Gasteiger partial charge in [-0.1, -0.05) is 6.08 Å². The van der Waals surface area contributed by atoms with E-state index in [9.17, 15) is 0 Å². The summed E-state index contributed by atoms with van der Waals surface area (Å²) < 4.78 is 5.72. The van der Waals surface area contributed by atoms with Crippen LogP contribution in [0.15, 0.2) is 12.7 Å². The largest absolute Gasteiger partial charge is 0.373 e. The van der Waals surface area contributed by atoms with Gasteiger partial charge in [-0.2, -0.15) is 0 Å². The summed E-state index contributed by atoms with van der Waals surface area (Å²) in [7, 11) is 0. The molecule has 1 unspecified atom stereocenters. The van der Waals surface area contributed by atoms with Crippen LogP contribution in [-0.4, -0.2) is 36.2 Å². The molecule has 0 saturated carbocycles. The zero-order chi connectivity index (χ0) is 9.90. The molecule has 1 heterocycles. The smallest absolute Gasteiger partial charge is 0.0778 e. The monoisotopic (exact) mass is 183 g/mol. The molecule has 13 heavy (non-hydrogen) atoms. The Balaban J connectivity index is 2.50. The number of morpholine rings is 1. The van der Waals surface area contributed by atoms with Crippen LogP contribution in [0, 0.1) is 0 Å². The molecule has 0 aromatic heterocycles. The van der Waals surface area contributed by atoms with Crippen molar-refractivity contribution >= 4 is 0 Å². The van der Waals surface area contributed by atoms with Crippen molar-refractivity contribution in [2.24, 2.45) is 0 Å². The molecule has 1 fully saturated rings. The Morgan fingerprint density at radius 3 is 2.92 bits per heavy atom. The minimum absolute atomic E-state index is 0.000575. The molecule has 1 aliphatic heterocycles. The SMILES string of the molecule is C=CCCN1CCOC(C)(C)C1C. The normalized spacial score (nSPS) is 28.7.